The molecule has 0 fully saturated rings. The zero-order chi connectivity index (χ0) is 21.9. The predicted molar refractivity (Wildman–Crippen MR) is 112 cm³/mol. The van der Waals surface area contributed by atoms with E-state index in [0.29, 0.717) is 5.02 Å². The second-order valence-electron chi connectivity index (χ2n) is 7.26. The van der Waals surface area contributed by atoms with Gasteiger partial charge in [0.15, 0.2) is 6.29 Å². The molecule has 0 saturated carbocycles. The zero-order valence-corrected chi connectivity index (χ0v) is 17.9. The van der Waals surface area contributed by atoms with Gasteiger partial charge in [-0.1, -0.05) is 17.7 Å². The van der Waals surface area contributed by atoms with Crippen LogP contribution in [-0.4, -0.2) is 40.2 Å². The number of hydrogen-bond donors (Lipinski definition) is 1. The molecular formula is C22H25ClFNO5. The Balaban J connectivity index is 1.98. The van der Waals surface area contributed by atoms with Gasteiger partial charge in [-0.3, -0.25) is 0 Å². The highest BCUT2D eigenvalue weighted by atomic mass is 35.5. The first kappa shape index (κ1) is 22.3. The van der Waals surface area contributed by atoms with Crippen LogP contribution in [0.2, 0.25) is 5.02 Å². The van der Waals surface area contributed by atoms with Crippen LogP contribution in [0.1, 0.15) is 34.3 Å². The van der Waals surface area contributed by atoms with Crippen LogP contribution in [0.25, 0.3) is 0 Å². The number of carbonyl (C=O) groups is 1. The zero-order valence-electron chi connectivity index (χ0n) is 17.2. The third kappa shape index (κ3) is 4.10. The lowest BCUT2D eigenvalue weighted by molar-refractivity contribution is -0.162. The van der Waals surface area contributed by atoms with Crippen molar-refractivity contribution in [2.45, 2.75) is 31.0 Å². The van der Waals surface area contributed by atoms with Crippen LogP contribution in [0.3, 0.4) is 0 Å². The van der Waals surface area contributed by atoms with Crippen molar-refractivity contribution in [3.8, 4) is 5.75 Å². The lowest BCUT2D eigenvalue weighted by Gasteiger charge is -2.43. The van der Waals surface area contributed by atoms with Gasteiger partial charge in [-0.25, -0.2) is 9.18 Å². The molecule has 3 rings (SSSR count). The Bertz CT molecular complexity index is 934. The van der Waals surface area contributed by atoms with E-state index >= 15 is 0 Å². The van der Waals surface area contributed by atoms with Crippen LogP contribution >= 0.6 is 11.6 Å². The van der Waals surface area contributed by atoms with E-state index in [-0.39, 0.29) is 23.6 Å². The summed E-state index contributed by atoms with van der Waals surface area (Å²) in [7, 11) is 4.31. The number of rotatable bonds is 7. The number of carbonyl (C=O) groups excluding carboxylic acids is 1. The Labute approximate surface area is 180 Å². The summed E-state index contributed by atoms with van der Waals surface area (Å²) in [4.78, 5) is 11.7. The number of halogens is 2. The summed E-state index contributed by atoms with van der Waals surface area (Å²) in [6, 6.07) is 8.02. The van der Waals surface area contributed by atoms with E-state index in [1.54, 1.807) is 14.2 Å². The number of nitrogen functional groups attached to an aromatic ring is 1. The van der Waals surface area contributed by atoms with Crippen molar-refractivity contribution in [2.24, 2.45) is 0 Å². The number of hydrogen-bond acceptors (Lipinski definition) is 6. The van der Waals surface area contributed by atoms with E-state index in [4.69, 9.17) is 31.5 Å². The molecule has 6 nitrogen and oxygen atoms in total. The molecule has 1 aliphatic carbocycles. The van der Waals surface area contributed by atoms with E-state index in [2.05, 4.69) is 4.74 Å². The summed E-state index contributed by atoms with van der Waals surface area (Å²) in [6.45, 7) is 0.134. The van der Waals surface area contributed by atoms with Gasteiger partial charge in [-0.2, -0.15) is 0 Å². The maximum Gasteiger partial charge on any atom is 0.340 e. The average molecular weight is 438 g/mol. The minimum absolute atomic E-state index is 0.130. The highest BCUT2D eigenvalue weighted by Crippen LogP contribution is 2.43. The molecule has 2 N–H and O–H groups in total. The van der Waals surface area contributed by atoms with Gasteiger partial charge in [0.25, 0.3) is 0 Å². The van der Waals surface area contributed by atoms with Crippen LogP contribution in [0.4, 0.5) is 10.1 Å². The van der Waals surface area contributed by atoms with Crippen molar-refractivity contribution >= 4 is 23.3 Å². The molecule has 0 radical (unpaired) electrons. The summed E-state index contributed by atoms with van der Waals surface area (Å²) in [5.74, 6) is -1.45. The second kappa shape index (κ2) is 9.20. The van der Waals surface area contributed by atoms with Crippen molar-refractivity contribution in [1.29, 1.82) is 0 Å². The highest BCUT2D eigenvalue weighted by Gasteiger charge is 2.45. The van der Waals surface area contributed by atoms with Crippen molar-refractivity contribution < 1.29 is 28.1 Å². The van der Waals surface area contributed by atoms with Crippen LogP contribution < -0.4 is 10.5 Å². The van der Waals surface area contributed by atoms with Gasteiger partial charge in [-0.15, -0.1) is 0 Å². The molecule has 1 atom stereocenters. The topological polar surface area (TPSA) is 80.0 Å². The molecule has 0 saturated heterocycles. The van der Waals surface area contributed by atoms with Gasteiger partial charge in [0.1, 0.15) is 18.2 Å². The number of nitrogens with two attached hydrogens (primary N) is 1. The first-order valence-electron chi connectivity index (χ1n) is 9.51. The van der Waals surface area contributed by atoms with Crippen LogP contribution in [0.5, 0.6) is 5.75 Å². The minimum atomic E-state index is -0.806. The molecule has 0 amide bonds. The Morgan fingerprint density at radius 3 is 2.63 bits per heavy atom. The van der Waals surface area contributed by atoms with Crippen LogP contribution in [-0.2, 0) is 26.0 Å². The molecule has 8 heteroatoms. The summed E-state index contributed by atoms with van der Waals surface area (Å²) in [5.41, 5.74) is 7.36. The fourth-order valence-electron chi connectivity index (χ4n) is 4.16. The van der Waals surface area contributed by atoms with E-state index in [1.807, 2.05) is 18.2 Å². The van der Waals surface area contributed by atoms with Gasteiger partial charge in [0.05, 0.1) is 23.8 Å². The van der Waals surface area contributed by atoms with Crippen molar-refractivity contribution in [2.75, 3.05) is 33.7 Å². The molecule has 0 spiro atoms. The summed E-state index contributed by atoms with van der Waals surface area (Å²) < 4.78 is 36.2. The van der Waals surface area contributed by atoms with Gasteiger partial charge in [0, 0.05) is 25.3 Å². The number of methoxy groups -OCH3 is 3. The summed E-state index contributed by atoms with van der Waals surface area (Å²) in [6.07, 6.45) is 1.89. The number of aryl methyl sites for hydroxylation is 1. The van der Waals surface area contributed by atoms with Crippen LogP contribution in [0.15, 0.2) is 30.3 Å². The van der Waals surface area contributed by atoms with E-state index < -0.39 is 23.5 Å². The molecule has 2 aromatic rings. The molecule has 1 aliphatic rings. The Kier molecular flexibility index (Phi) is 6.85. The van der Waals surface area contributed by atoms with Crippen molar-refractivity contribution in [3.05, 3.63) is 57.9 Å². The molecule has 1 unspecified atom stereocenters. The average Bonchev–Trinajstić information content (AvgIpc) is 2.74. The fourth-order valence-corrected chi connectivity index (χ4v) is 4.36. The van der Waals surface area contributed by atoms with E-state index in [0.717, 1.165) is 36.5 Å². The highest BCUT2D eigenvalue weighted by molar-refractivity contribution is 6.30. The SMILES string of the molecule is COC(=O)c1cc(N)c(OCC2(C(OC)OC)CCCc3cc(Cl)ccc32)cc1F. The lowest BCUT2D eigenvalue weighted by Crippen LogP contribution is -2.49. The largest absolute Gasteiger partial charge is 0.490 e. The first-order chi connectivity index (χ1) is 14.4. The predicted octanol–water partition coefficient (Wildman–Crippen LogP) is 4.12. The molecule has 30 heavy (non-hydrogen) atoms. The van der Waals surface area contributed by atoms with Gasteiger partial charge >= 0.3 is 5.97 Å². The van der Waals surface area contributed by atoms with Crippen LogP contribution in [0, 0.1) is 5.82 Å². The molecule has 162 valence electrons. The molecule has 0 aliphatic heterocycles. The first-order valence-corrected chi connectivity index (χ1v) is 9.88. The molecule has 0 heterocycles. The van der Waals surface area contributed by atoms with E-state index in [9.17, 15) is 9.18 Å². The molecule has 0 bridgehead atoms. The maximum atomic E-state index is 14.4. The Morgan fingerprint density at radius 2 is 1.97 bits per heavy atom. The fraction of sp³-hybridized carbons (Fsp3) is 0.409. The number of ether oxygens (including phenoxy) is 4. The summed E-state index contributed by atoms with van der Waals surface area (Å²) >= 11 is 6.19. The van der Waals surface area contributed by atoms with Crippen molar-refractivity contribution in [3.63, 3.8) is 0 Å². The number of benzene rings is 2. The number of esters is 1. The van der Waals surface area contributed by atoms with Gasteiger partial charge in [-0.05, 0) is 48.6 Å². The second-order valence-corrected chi connectivity index (χ2v) is 7.70. The molecule has 0 aromatic heterocycles. The number of fused-ring (bicyclic) bond motifs is 1. The smallest absolute Gasteiger partial charge is 0.340 e. The lowest BCUT2D eigenvalue weighted by atomic mass is 9.69. The van der Waals surface area contributed by atoms with Gasteiger partial charge < -0.3 is 24.7 Å². The minimum Gasteiger partial charge on any atom is -0.490 e. The monoisotopic (exact) mass is 437 g/mol. The standard InChI is InChI=1S/C22H25ClFNO5/c1-27-20(26)15-10-18(25)19(11-17(15)24)30-12-22(21(28-2)29-3)8-4-5-13-9-14(23)6-7-16(13)22/h6-7,9-11,21H,4-5,8,12,25H2,1-3H3. The quantitative estimate of drug-likeness (QED) is 0.398. The normalized spacial score (nSPS) is 18.2. The maximum absolute atomic E-state index is 14.4. The van der Waals surface area contributed by atoms with Gasteiger partial charge in [0.2, 0.25) is 0 Å². The summed E-state index contributed by atoms with van der Waals surface area (Å²) in [5, 5.41) is 0.654. The van der Waals surface area contributed by atoms with Crippen molar-refractivity contribution in [1.82, 2.24) is 0 Å². The third-order valence-electron chi connectivity index (χ3n) is 5.54. The van der Waals surface area contributed by atoms with E-state index in [1.165, 1.54) is 13.2 Å². The third-order valence-corrected chi connectivity index (χ3v) is 5.78. The molecule has 2 aromatic carbocycles. The Hall–Kier alpha value is -2.35. The Morgan fingerprint density at radius 1 is 1.23 bits per heavy atom. The number of anilines is 1. The molecular weight excluding hydrogens is 413 g/mol.